The van der Waals surface area contributed by atoms with E-state index in [1.165, 1.54) is 0 Å². The van der Waals surface area contributed by atoms with Crippen molar-refractivity contribution in [1.29, 1.82) is 0 Å². The molecule has 3 fully saturated rings. The molecule has 0 amide bonds. The number of ether oxygens (including phenoxy) is 2. The van der Waals surface area contributed by atoms with Gasteiger partial charge in [-0.15, -0.1) is 0 Å². The van der Waals surface area contributed by atoms with Crippen molar-refractivity contribution in [2.45, 2.75) is 32.7 Å². The summed E-state index contributed by atoms with van der Waals surface area (Å²) in [5.74, 6) is 2.59. The number of aromatic nitrogens is 3. The van der Waals surface area contributed by atoms with Gasteiger partial charge in [0.25, 0.3) is 0 Å². The maximum atomic E-state index is 12.3. The Hall–Kier alpha value is -2.98. The number of pyridine rings is 1. The Balaban J connectivity index is 1.19. The third-order valence-corrected chi connectivity index (χ3v) is 8.77. The molecule has 3 atom stereocenters. The Kier molecular flexibility index (Phi) is 9.09. The van der Waals surface area contributed by atoms with Crippen LogP contribution in [0.15, 0.2) is 42.7 Å². The molecule has 1 aliphatic carbocycles. The quantitative estimate of drug-likeness (QED) is 0.334. The lowest BCUT2D eigenvalue weighted by Crippen LogP contribution is -2.29. The Morgan fingerprint density at radius 3 is 2.43 bits per heavy atom. The van der Waals surface area contributed by atoms with Crippen molar-refractivity contribution in [3.05, 3.63) is 58.3 Å². The number of likely N-dealkylation sites (tertiary alicyclic amines) is 1. The predicted octanol–water partition coefficient (Wildman–Crippen LogP) is 5.46. The fourth-order valence-corrected chi connectivity index (χ4v) is 6.78. The number of nitrogens with one attached hydrogen (secondary N) is 1. The molecule has 42 heavy (non-hydrogen) atoms. The maximum Gasteiger partial charge on any atom is 0.309 e. The maximum absolute atomic E-state index is 12.3. The molecule has 222 valence electrons. The Morgan fingerprint density at radius 2 is 1.71 bits per heavy atom. The zero-order valence-electron chi connectivity index (χ0n) is 23.8. The van der Waals surface area contributed by atoms with Gasteiger partial charge in [-0.3, -0.25) is 9.69 Å². The summed E-state index contributed by atoms with van der Waals surface area (Å²) in [6.07, 6.45) is 6.45. The van der Waals surface area contributed by atoms with Crippen LogP contribution in [0.1, 0.15) is 31.7 Å². The van der Waals surface area contributed by atoms with Crippen LogP contribution >= 0.6 is 23.2 Å². The molecule has 1 N–H and O–H groups in total. The van der Waals surface area contributed by atoms with Gasteiger partial charge in [-0.05, 0) is 87.5 Å². The van der Waals surface area contributed by atoms with Crippen molar-refractivity contribution in [2.24, 2.45) is 17.8 Å². The highest BCUT2D eigenvalue weighted by Crippen LogP contribution is 2.53. The minimum atomic E-state index is -0.0258. The van der Waals surface area contributed by atoms with E-state index >= 15 is 0 Å². The monoisotopic (exact) mass is 610 g/mol. The average Bonchev–Trinajstić information content (AvgIpc) is 3.75. The Labute approximate surface area is 256 Å². The fraction of sp³-hybridized carbons (Fsp3) is 0.484. The second-order valence-electron chi connectivity index (χ2n) is 11.2. The van der Waals surface area contributed by atoms with E-state index in [9.17, 15) is 4.79 Å². The first kappa shape index (κ1) is 29.1. The molecule has 2 unspecified atom stereocenters. The predicted molar refractivity (Wildman–Crippen MR) is 163 cm³/mol. The van der Waals surface area contributed by atoms with Gasteiger partial charge in [0.05, 0.1) is 30.6 Å². The summed E-state index contributed by atoms with van der Waals surface area (Å²) in [7, 11) is 0. The summed E-state index contributed by atoms with van der Waals surface area (Å²) in [4.78, 5) is 30.9. The highest BCUT2D eigenvalue weighted by Gasteiger charge is 2.55. The van der Waals surface area contributed by atoms with Crippen molar-refractivity contribution >= 4 is 35.1 Å². The van der Waals surface area contributed by atoms with Gasteiger partial charge in [0, 0.05) is 47.9 Å². The molecule has 1 aromatic carbocycles. The van der Waals surface area contributed by atoms with E-state index in [2.05, 4.69) is 31.2 Å². The number of carbonyl (C=O) groups is 1. The molecule has 11 heteroatoms. The number of carbonyl (C=O) groups excluding carboxylic acids is 1. The van der Waals surface area contributed by atoms with Crippen LogP contribution < -0.4 is 15.0 Å². The van der Waals surface area contributed by atoms with Crippen molar-refractivity contribution in [2.75, 3.05) is 50.8 Å². The van der Waals surface area contributed by atoms with Gasteiger partial charge in [-0.2, -0.15) is 0 Å². The van der Waals surface area contributed by atoms with Crippen molar-refractivity contribution in [3.8, 4) is 22.9 Å². The van der Waals surface area contributed by atoms with Crippen molar-refractivity contribution < 1.29 is 14.3 Å². The number of hydrogen-bond acceptors (Lipinski definition) is 9. The lowest BCUT2D eigenvalue weighted by molar-refractivity contribution is -0.145. The summed E-state index contributed by atoms with van der Waals surface area (Å²) in [5.41, 5.74) is 2.61. The first-order valence-corrected chi connectivity index (χ1v) is 15.5. The van der Waals surface area contributed by atoms with Crippen LogP contribution in [0.5, 0.6) is 11.6 Å². The number of esters is 1. The Morgan fingerprint density at radius 1 is 0.976 bits per heavy atom. The smallest absolute Gasteiger partial charge is 0.309 e. The summed E-state index contributed by atoms with van der Waals surface area (Å²) < 4.78 is 11.5. The normalized spacial score (nSPS) is 22.5. The second kappa shape index (κ2) is 13.1. The molecule has 4 heterocycles. The molecule has 2 aromatic heterocycles. The van der Waals surface area contributed by atoms with E-state index in [1.54, 1.807) is 18.5 Å². The zero-order chi connectivity index (χ0) is 29.1. The minimum absolute atomic E-state index is 0.0258. The highest BCUT2D eigenvalue weighted by molar-refractivity contribution is 6.35. The Bertz CT molecular complexity index is 1370. The molecule has 0 spiro atoms. The largest absolute Gasteiger partial charge is 0.466 e. The van der Waals surface area contributed by atoms with Crippen LogP contribution in [0, 0.1) is 17.8 Å². The van der Waals surface area contributed by atoms with Gasteiger partial charge in [0.2, 0.25) is 11.8 Å². The molecule has 6 rings (SSSR count). The zero-order valence-corrected chi connectivity index (χ0v) is 25.3. The van der Waals surface area contributed by atoms with Crippen LogP contribution in [0.2, 0.25) is 10.0 Å². The molecule has 2 aliphatic heterocycles. The van der Waals surface area contributed by atoms with E-state index in [4.69, 9.17) is 37.7 Å². The van der Waals surface area contributed by atoms with Crippen molar-refractivity contribution in [3.63, 3.8) is 0 Å². The van der Waals surface area contributed by atoms with Gasteiger partial charge in [0.1, 0.15) is 0 Å². The number of halogens is 2. The highest BCUT2D eigenvalue weighted by atomic mass is 35.5. The lowest BCUT2D eigenvalue weighted by Gasteiger charge is -2.22. The average molecular weight is 612 g/mol. The summed E-state index contributed by atoms with van der Waals surface area (Å²) in [6, 6.07) is 9.45. The van der Waals surface area contributed by atoms with Gasteiger partial charge in [0.15, 0.2) is 5.75 Å². The van der Waals surface area contributed by atoms with Gasteiger partial charge < -0.3 is 19.7 Å². The molecule has 0 bridgehead atoms. The molecule has 9 nitrogen and oxygen atoms in total. The van der Waals surface area contributed by atoms with E-state index in [-0.39, 0.29) is 11.9 Å². The number of nitrogens with zero attached hydrogens (tertiary/aromatic N) is 5. The number of anilines is 1. The topological polar surface area (TPSA) is 92.7 Å². The SMILES string of the molecule is CCOC(=O)C1C2CCN(Cc3cc(Oc4cnc(N5CCCNCC5)nc4)nc(-c4cc(Cl)cc(Cl)c4)c3)CC[C@@H]21. The van der Waals surface area contributed by atoms with E-state index in [0.717, 1.165) is 81.9 Å². The van der Waals surface area contributed by atoms with Crippen molar-refractivity contribution in [1.82, 2.24) is 25.2 Å². The number of fused-ring (bicyclic) bond motifs is 1. The van der Waals surface area contributed by atoms with Gasteiger partial charge in [-0.1, -0.05) is 23.2 Å². The molecule has 1 saturated carbocycles. The molecular formula is C31H36Cl2N6O3. The molecule has 3 aliphatic rings. The third kappa shape index (κ3) is 6.97. The van der Waals surface area contributed by atoms with Gasteiger partial charge >= 0.3 is 5.97 Å². The van der Waals surface area contributed by atoms with Crippen LogP contribution in [0.3, 0.4) is 0 Å². The van der Waals surface area contributed by atoms with Crippen LogP contribution in [-0.4, -0.2) is 71.7 Å². The second-order valence-corrected chi connectivity index (χ2v) is 12.1. The molecule has 2 saturated heterocycles. The third-order valence-electron chi connectivity index (χ3n) is 8.33. The van der Waals surface area contributed by atoms with E-state index < -0.39 is 0 Å². The first-order chi connectivity index (χ1) is 20.5. The number of rotatable bonds is 8. The minimum Gasteiger partial charge on any atom is -0.466 e. The molecule has 0 radical (unpaired) electrons. The number of benzene rings is 1. The molecule has 3 aromatic rings. The summed E-state index contributed by atoms with van der Waals surface area (Å²) >= 11 is 12.7. The van der Waals surface area contributed by atoms with E-state index in [0.29, 0.717) is 46.1 Å². The first-order valence-electron chi connectivity index (χ1n) is 14.8. The standard InChI is InChI=1S/C31H36Cl2N6O3/c1-2-41-30(40)29-25-4-9-38(10-5-26(25)29)19-20-12-27(21-14-22(32)16-23(33)15-21)37-28(13-20)42-24-17-35-31(36-18-24)39-8-3-6-34-7-11-39/h12-18,25-26,29,34H,2-11,19H2,1H3/t25-,26?,29?/m0/s1. The molecular weight excluding hydrogens is 575 g/mol. The number of hydrogen-bond donors (Lipinski definition) is 1. The van der Waals surface area contributed by atoms with Crippen LogP contribution in [-0.2, 0) is 16.1 Å². The summed E-state index contributed by atoms with van der Waals surface area (Å²) in [6.45, 7) is 8.62. The van der Waals surface area contributed by atoms with E-state index in [1.807, 2.05) is 25.1 Å². The lowest BCUT2D eigenvalue weighted by atomic mass is 10.1. The van der Waals surface area contributed by atoms with Gasteiger partial charge in [-0.25, -0.2) is 15.0 Å². The van der Waals surface area contributed by atoms with Crippen LogP contribution in [0.25, 0.3) is 11.3 Å². The van der Waals surface area contributed by atoms with Crippen LogP contribution in [0.4, 0.5) is 5.95 Å². The summed E-state index contributed by atoms with van der Waals surface area (Å²) in [5, 5.41) is 4.49. The fourth-order valence-electron chi connectivity index (χ4n) is 6.26.